The molecular weight excluding hydrogens is 232 g/mol. The van der Waals surface area contributed by atoms with Gasteiger partial charge in [0.05, 0.1) is 0 Å². The van der Waals surface area contributed by atoms with E-state index in [-0.39, 0.29) is 0 Å². The summed E-state index contributed by atoms with van der Waals surface area (Å²) in [5.41, 5.74) is 1.34. The van der Waals surface area contributed by atoms with Crippen molar-refractivity contribution in [2.75, 3.05) is 5.75 Å². The highest BCUT2D eigenvalue weighted by Gasteiger charge is 2.32. The van der Waals surface area contributed by atoms with Crippen LogP contribution in [0.2, 0.25) is 0 Å². The summed E-state index contributed by atoms with van der Waals surface area (Å²) in [7, 11) is 0. The third-order valence-electron chi connectivity index (χ3n) is 3.85. The van der Waals surface area contributed by atoms with Crippen molar-refractivity contribution < 1.29 is 0 Å². The van der Waals surface area contributed by atoms with E-state index in [1.807, 2.05) is 11.8 Å². The molecule has 0 unspecified atom stereocenters. The van der Waals surface area contributed by atoms with Crippen LogP contribution >= 0.6 is 24.0 Å². The van der Waals surface area contributed by atoms with E-state index in [0.29, 0.717) is 5.92 Å². The monoisotopic (exact) mass is 248 g/mol. The lowest BCUT2D eigenvalue weighted by atomic mass is 9.77. The molecule has 0 aromatic heterocycles. The molecule has 0 saturated heterocycles. The van der Waals surface area contributed by atoms with Gasteiger partial charge in [-0.2, -0.15) is 0 Å². The number of benzene rings is 1. The summed E-state index contributed by atoms with van der Waals surface area (Å²) in [6.45, 7) is 0. The van der Waals surface area contributed by atoms with Crippen LogP contribution in [0.25, 0.3) is 0 Å². The summed E-state index contributed by atoms with van der Waals surface area (Å²) >= 11 is 7.74. The molecule has 0 amide bonds. The van der Waals surface area contributed by atoms with Crippen LogP contribution < -0.4 is 0 Å². The van der Waals surface area contributed by atoms with Gasteiger partial charge in [-0.15, -0.1) is 11.8 Å². The molecule has 1 aromatic carbocycles. The number of thiocarbonyl (C=S) groups is 1. The first-order chi connectivity index (χ1) is 7.86. The summed E-state index contributed by atoms with van der Waals surface area (Å²) in [4.78, 5) is 2.65. The predicted octanol–water partition coefficient (Wildman–Crippen LogP) is 4.32. The molecule has 0 N–H and O–H groups in total. The van der Waals surface area contributed by atoms with Crippen molar-refractivity contribution in [2.24, 2.45) is 11.8 Å². The molecule has 2 atom stereocenters. The second kappa shape index (κ2) is 4.50. The van der Waals surface area contributed by atoms with Gasteiger partial charge in [-0.1, -0.05) is 43.3 Å². The average Bonchev–Trinajstić information content (AvgIpc) is 2.49. The van der Waals surface area contributed by atoms with E-state index in [4.69, 9.17) is 12.2 Å². The molecule has 0 bridgehead atoms. The fourth-order valence-corrected chi connectivity index (χ4v) is 4.80. The summed E-state index contributed by atoms with van der Waals surface area (Å²) in [5, 5.41) is 0. The van der Waals surface area contributed by atoms with Crippen molar-refractivity contribution in [3.05, 3.63) is 29.8 Å². The van der Waals surface area contributed by atoms with E-state index >= 15 is 0 Å². The van der Waals surface area contributed by atoms with Crippen molar-refractivity contribution in [1.29, 1.82) is 0 Å². The van der Waals surface area contributed by atoms with Crippen LogP contribution in [-0.2, 0) is 0 Å². The van der Waals surface area contributed by atoms with Crippen LogP contribution in [0.5, 0.6) is 0 Å². The van der Waals surface area contributed by atoms with Gasteiger partial charge in [-0.3, -0.25) is 0 Å². The molecule has 1 aliphatic carbocycles. The van der Waals surface area contributed by atoms with E-state index in [2.05, 4.69) is 24.3 Å². The number of hydrogen-bond donors (Lipinski definition) is 0. The van der Waals surface area contributed by atoms with Gasteiger partial charge in [0, 0.05) is 21.1 Å². The Hall–Kier alpha value is -0.340. The van der Waals surface area contributed by atoms with Gasteiger partial charge < -0.3 is 0 Å². The van der Waals surface area contributed by atoms with Crippen LogP contribution in [0.4, 0.5) is 0 Å². The molecule has 3 rings (SSSR count). The maximum atomic E-state index is 5.73. The van der Waals surface area contributed by atoms with Gasteiger partial charge >= 0.3 is 0 Å². The normalized spacial score (nSPS) is 29.1. The molecule has 1 fully saturated rings. The minimum atomic E-state index is 0.680. The van der Waals surface area contributed by atoms with Gasteiger partial charge in [0.1, 0.15) is 0 Å². The van der Waals surface area contributed by atoms with Crippen molar-refractivity contribution in [3.63, 3.8) is 0 Å². The summed E-state index contributed by atoms with van der Waals surface area (Å²) in [6.07, 6.45) is 5.47. The highest BCUT2D eigenvalue weighted by atomic mass is 32.2. The Morgan fingerprint density at radius 3 is 2.88 bits per heavy atom. The molecule has 0 radical (unpaired) electrons. The predicted molar refractivity (Wildman–Crippen MR) is 74.3 cm³/mol. The van der Waals surface area contributed by atoms with Crippen LogP contribution in [0.3, 0.4) is 0 Å². The first-order valence-corrected chi connectivity index (χ1v) is 7.51. The summed E-state index contributed by atoms with van der Waals surface area (Å²) < 4.78 is 0. The fourth-order valence-electron chi connectivity index (χ4n) is 2.94. The molecule has 1 heterocycles. The van der Waals surface area contributed by atoms with Crippen LogP contribution in [0.1, 0.15) is 31.2 Å². The van der Waals surface area contributed by atoms with E-state index in [1.54, 1.807) is 0 Å². The molecule has 16 heavy (non-hydrogen) atoms. The number of thioether (sulfide) groups is 1. The standard InChI is InChI=1S/C14H16S2/c15-14-11-6-2-1-5-10(11)9-16-13-8-4-3-7-12(13)14/h3-4,7-8,10-11H,1-2,5-6,9H2/t10-,11+/m0/s1. The molecule has 2 aliphatic rings. The lowest BCUT2D eigenvalue weighted by Crippen LogP contribution is -2.26. The second-order valence-electron chi connectivity index (χ2n) is 4.82. The molecular formula is C14H16S2. The van der Waals surface area contributed by atoms with E-state index in [0.717, 1.165) is 5.92 Å². The minimum Gasteiger partial charge on any atom is -0.125 e. The topological polar surface area (TPSA) is 0 Å². The SMILES string of the molecule is S=C1c2ccccc2SC[C@@H]2CCCC[C@@H]12. The van der Waals surface area contributed by atoms with Crippen molar-refractivity contribution in [1.82, 2.24) is 0 Å². The van der Waals surface area contributed by atoms with Gasteiger partial charge in [0.15, 0.2) is 0 Å². The smallest absolute Gasteiger partial charge is 0.0269 e. The summed E-state index contributed by atoms with van der Waals surface area (Å²) in [5.74, 6) is 2.78. The van der Waals surface area contributed by atoms with E-state index < -0.39 is 0 Å². The maximum absolute atomic E-state index is 5.73. The lowest BCUT2D eigenvalue weighted by molar-refractivity contribution is 0.334. The van der Waals surface area contributed by atoms with E-state index in [9.17, 15) is 0 Å². The van der Waals surface area contributed by atoms with Crippen LogP contribution in [0, 0.1) is 11.8 Å². The number of hydrogen-bond acceptors (Lipinski definition) is 2. The zero-order valence-corrected chi connectivity index (χ0v) is 10.9. The van der Waals surface area contributed by atoms with Gasteiger partial charge in [0.25, 0.3) is 0 Å². The maximum Gasteiger partial charge on any atom is 0.0269 e. The van der Waals surface area contributed by atoms with E-state index in [1.165, 1.54) is 46.8 Å². The van der Waals surface area contributed by atoms with Crippen LogP contribution in [-0.4, -0.2) is 10.6 Å². The van der Waals surface area contributed by atoms with Gasteiger partial charge in [0.2, 0.25) is 0 Å². The Morgan fingerprint density at radius 2 is 1.94 bits per heavy atom. The Bertz CT molecular complexity index is 411. The second-order valence-corrected chi connectivity index (χ2v) is 6.32. The first-order valence-electron chi connectivity index (χ1n) is 6.12. The minimum absolute atomic E-state index is 0.680. The molecule has 1 aromatic rings. The Balaban J connectivity index is 1.99. The van der Waals surface area contributed by atoms with Crippen molar-refractivity contribution >= 4 is 28.8 Å². The quantitative estimate of drug-likeness (QED) is 0.627. The average molecular weight is 248 g/mol. The Kier molecular flexibility index (Phi) is 3.03. The molecule has 2 heteroatoms. The third kappa shape index (κ3) is 1.82. The van der Waals surface area contributed by atoms with Gasteiger partial charge in [-0.05, 0) is 30.7 Å². The van der Waals surface area contributed by atoms with Crippen molar-refractivity contribution in [2.45, 2.75) is 30.6 Å². The Morgan fingerprint density at radius 1 is 1.12 bits per heavy atom. The molecule has 1 saturated carbocycles. The number of rotatable bonds is 0. The summed E-state index contributed by atoms with van der Waals surface area (Å²) in [6, 6.07) is 8.68. The Labute approximate surface area is 107 Å². The number of fused-ring (bicyclic) bond motifs is 2. The highest BCUT2D eigenvalue weighted by Crippen LogP contribution is 2.41. The van der Waals surface area contributed by atoms with Crippen LogP contribution in [0.15, 0.2) is 29.2 Å². The molecule has 0 nitrogen and oxygen atoms in total. The largest absolute Gasteiger partial charge is 0.125 e. The zero-order chi connectivity index (χ0) is 11.0. The van der Waals surface area contributed by atoms with Gasteiger partial charge in [-0.25, -0.2) is 0 Å². The lowest BCUT2D eigenvalue weighted by Gasteiger charge is -2.29. The molecule has 84 valence electrons. The third-order valence-corrected chi connectivity index (χ3v) is 5.64. The first kappa shape index (κ1) is 10.8. The fraction of sp³-hybridized carbons (Fsp3) is 0.500. The molecule has 0 spiro atoms. The zero-order valence-electron chi connectivity index (χ0n) is 9.32. The molecule has 1 aliphatic heterocycles. The highest BCUT2D eigenvalue weighted by molar-refractivity contribution is 7.99. The van der Waals surface area contributed by atoms with Crippen molar-refractivity contribution in [3.8, 4) is 0 Å².